The molecule has 20 heavy (non-hydrogen) atoms. The minimum Gasteiger partial charge on any atom is -0.307 e. The Kier molecular flexibility index (Phi) is 3.52. The van der Waals surface area contributed by atoms with Crippen LogP contribution in [-0.2, 0) is 6.54 Å². The van der Waals surface area contributed by atoms with E-state index in [-0.39, 0.29) is 0 Å². The summed E-state index contributed by atoms with van der Waals surface area (Å²) < 4.78 is 2.05. The lowest BCUT2D eigenvalue weighted by Gasteiger charge is -2.15. The molecule has 0 aliphatic rings. The molecule has 1 unspecified atom stereocenters. The summed E-state index contributed by atoms with van der Waals surface area (Å²) in [5, 5.41) is 3.54. The minimum absolute atomic E-state index is 0.320. The fraction of sp³-hybridized carbons (Fsp3) is 0.235. The molecule has 0 saturated heterocycles. The van der Waals surface area contributed by atoms with Crippen molar-refractivity contribution in [2.24, 2.45) is 0 Å². The van der Waals surface area contributed by atoms with Gasteiger partial charge in [0.2, 0.25) is 0 Å². The first-order valence-corrected chi connectivity index (χ1v) is 6.95. The van der Waals surface area contributed by atoms with Crippen LogP contribution in [0, 0.1) is 6.92 Å². The Morgan fingerprint density at radius 2 is 1.95 bits per heavy atom. The lowest BCUT2D eigenvalue weighted by molar-refractivity contribution is 0.567. The SMILES string of the molecule is Cc1ccccc1C(C)NCc1cn2ccccc2n1. The summed E-state index contributed by atoms with van der Waals surface area (Å²) in [5.74, 6) is 0. The summed E-state index contributed by atoms with van der Waals surface area (Å²) in [6.07, 6.45) is 4.10. The van der Waals surface area contributed by atoms with Crippen molar-refractivity contribution in [3.63, 3.8) is 0 Å². The van der Waals surface area contributed by atoms with Crippen molar-refractivity contribution < 1.29 is 0 Å². The van der Waals surface area contributed by atoms with Gasteiger partial charge in [0.1, 0.15) is 5.65 Å². The molecule has 1 atom stereocenters. The van der Waals surface area contributed by atoms with Crippen LogP contribution < -0.4 is 5.32 Å². The summed E-state index contributed by atoms with van der Waals surface area (Å²) in [6, 6.07) is 14.9. The molecule has 3 nitrogen and oxygen atoms in total. The summed E-state index contributed by atoms with van der Waals surface area (Å²) in [4.78, 5) is 4.60. The van der Waals surface area contributed by atoms with Gasteiger partial charge in [-0.05, 0) is 37.1 Å². The smallest absolute Gasteiger partial charge is 0.137 e. The van der Waals surface area contributed by atoms with Crippen molar-refractivity contribution in [1.29, 1.82) is 0 Å². The summed E-state index contributed by atoms with van der Waals surface area (Å²) in [7, 11) is 0. The second-order valence-corrected chi connectivity index (χ2v) is 5.16. The second-order valence-electron chi connectivity index (χ2n) is 5.16. The van der Waals surface area contributed by atoms with Crippen LogP contribution in [0.1, 0.15) is 29.8 Å². The first-order valence-electron chi connectivity index (χ1n) is 6.95. The molecule has 2 heterocycles. The maximum Gasteiger partial charge on any atom is 0.137 e. The molecular formula is C17H19N3. The second kappa shape index (κ2) is 5.47. The molecule has 0 bridgehead atoms. The van der Waals surface area contributed by atoms with Crippen LogP contribution in [0.3, 0.4) is 0 Å². The Morgan fingerprint density at radius 1 is 1.15 bits per heavy atom. The maximum absolute atomic E-state index is 4.60. The van der Waals surface area contributed by atoms with Crippen molar-refractivity contribution in [2.45, 2.75) is 26.4 Å². The highest BCUT2D eigenvalue weighted by molar-refractivity contribution is 5.39. The summed E-state index contributed by atoms with van der Waals surface area (Å²) in [5.41, 5.74) is 4.73. The van der Waals surface area contributed by atoms with Gasteiger partial charge >= 0.3 is 0 Å². The molecule has 102 valence electrons. The zero-order chi connectivity index (χ0) is 13.9. The van der Waals surface area contributed by atoms with E-state index in [4.69, 9.17) is 0 Å². The molecule has 0 radical (unpaired) electrons. The number of pyridine rings is 1. The third-order valence-corrected chi connectivity index (χ3v) is 3.66. The van der Waals surface area contributed by atoms with E-state index in [1.807, 2.05) is 24.4 Å². The molecule has 0 saturated carbocycles. The number of hydrogen-bond donors (Lipinski definition) is 1. The van der Waals surface area contributed by atoms with E-state index in [0.717, 1.165) is 17.9 Å². The maximum atomic E-state index is 4.60. The van der Waals surface area contributed by atoms with E-state index in [1.54, 1.807) is 0 Å². The lowest BCUT2D eigenvalue weighted by Crippen LogP contribution is -2.19. The zero-order valence-electron chi connectivity index (χ0n) is 11.9. The Morgan fingerprint density at radius 3 is 2.75 bits per heavy atom. The van der Waals surface area contributed by atoms with E-state index in [0.29, 0.717) is 6.04 Å². The highest BCUT2D eigenvalue weighted by atomic mass is 15.0. The summed E-state index contributed by atoms with van der Waals surface area (Å²) >= 11 is 0. The lowest BCUT2D eigenvalue weighted by atomic mass is 10.0. The van der Waals surface area contributed by atoms with Crippen molar-refractivity contribution in [3.05, 3.63) is 71.7 Å². The van der Waals surface area contributed by atoms with Gasteiger partial charge in [-0.2, -0.15) is 0 Å². The first kappa shape index (κ1) is 12.9. The van der Waals surface area contributed by atoms with Gasteiger partial charge in [0, 0.05) is 25.0 Å². The van der Waals surface area contributed by atoms with Crippen LogP contribution in [-0.4, -0.2) is 9.38 Å². The molecule has 0 fully saturated rings. The minimum atomic E-state index is 0.320. The fourth-order valence-electron chi connectivity index (χ4n) is 2.51. The molecule has 2 aromatic heterocycles. The van der Waals surface area contributed by atoms with Crippen molar-refractivity contribution in [2.75, 3.05) is 0 Å². The molecule has 0 spiro atoms. The largest absolute Gasteiger partial charge is 0.307 e. The Balaban J connectivity index is 1.71. The van der Waals surface area contributed by atoms with E-state index in [1.165, 1.54) is 11.1 Å². The van der Waals surface area contributed by atoms with Crippen LogP contribution in [0.25, 0.3) is 5.65 Å². The highest BCUT2D eigenvalue weighted by Gasteiger charge is 2.08. The van der Waals surface area contributed by atoms with Crippen LogP contribution in [0.5, 0.6) is 0 Å². The molecule has 3 rings (SSSR count). The topological polar surface area (TPSA) is 29.3 Å². The molecule has 1 aromatic carbocycles. The number of nitrogens with one attached hydrogen (secondary N) is 1. The third kappa shape index (κ3) is 2.58. The van der Waals surface area contributed by atoms with Gasteiger partial charge in [-0.3, -0.25) is 0 Å². The predicted octanol–water partition coefficient (Wildman–Crippen LogP) is 3.49. The van der Waals surface area contributed by atoms with E-state index in [2.05, 4.69) is 59.0 Å². The number of fused-ring (bicyclic) bond motifs is 1. The molecule has 0 aliphatic heterocycles. The summed E-state index contributed by atoms with van der Waals surface area (Å²) in [6.45, 7) is 5.12. The number of hydrogen-bond acceptors (Lipinski definition) is 2. The fourth-order valence-corrected chi connectivity index (χ4v) is 2.51. The molecular weight excluding hydrogens is 246 g/mol. The van der Waals surface area contributed by atoms with Gasteiger partial charge in [-0.15, -0.1) is 0 Å². The van der Waals surface area contributed by atoms with Gasteiger partial charge in [0.15, 0.2) is 0 Å². The molecule has 3 aromatic rings. The number of imidazole rings is 1. The predicted molar refractivity (Wildman–Crippen MR) is 81.6 cm³/mol. The number of nitrogens with zero attached hydrogens (tertiary/aromatic N) is 2. The average molecular weight is 265 g/mol. The number of aryl methyl sites for hydroxylation is 1. The molecule has 0 aliphatic carbocycles. The zero-order valence-corrected chi connectivity index (χ0v) is 11.9. The molecule has 3 heteroatoms. The average Bonchev–Trinajstić information content (AvgIpc) is 2.88. The van der Waals surface area contributed by atoms with E-state index in [9.17, 15) is 0 Å². The Bertz CT molecular complexity index is 682. The Hall–Kier alpha value is -2.13. The monoisotopic (exact) mass is 265 g/mol. The van der Waals surface area contributed by atoms with Crippen molar-refractivity contribution >= 4 is 5.65 Å². The van der Waals surface area contributed by atoms with Gasteiger partial charge in [0.05, 0.1) is 5.69 Å². The standard InChI is InChI=1S/C17H19N3/c1-13-7-3-4-8-16(13)14(2)18-11-15-12-20-10-6-5-9-17(20)19-15/h3-10,12,14,18H,11H2,1-2H3. The number of benzene rings is 1. The normalized spacial score (nSPS) is 12.7. The van der Waals surface area contributed by atoms with Crippen LogP contribution in [0.15, 0.2) is 54.9 Å². The molecule has 0 amide bonds. The van der Waals surface area contributed by atoms with Crippen LogP contribution in [0.4, 0.5) is 0 Å². The van der Waals surface area contributed by atoms with Crippen molar-refractivity contribution in [1.82, 2.24) is 14.7 Å². The van der Waals surface area contributed by atoms with Crippen LogP contribution >= 0.6 is 0 Å². The van der Waals surface area contributed by atoms with Gasteiger partial charge < -0.3 is 9.72 Å². The van der Waals surface area contributed by atoms with Gasteiger partial charge in [0.25, 0.3) is 0 Å². The van der Waals surface area contributed by atoms with Gasteiger partial charge in [-0.1, -0.05) is 30.3 Å². The number of aromatic nitrogens is 2. The van der Waals surface area contributed by atoms with Crippen LogP contribution in [0.2, 0.25) is 0 Å². The molecule has 1 N–H and O–H groups in total. The Labute approximate surface area is 119 Å². The van der Waals surface area contributed by atoms with Gasteiger partial charge in [-0.25, -0.2) is 4.98 Å². The third-order valence-electron chi connectivity index (χ3n) is 3.66. The van der Waals surface area contributed by atoms with E-state index < -0.39 is 0 Å². The van der Waals surface area contributed by atoms with E-state index >= 15 is 0 Å². The first-order chi connectivity index (χ1) is 9.74. The van der Waals surface area contributed by atoms with Crippen molar-refractivity contribution in [3.8, 4) is 0 Å². The highest BCUT2D eigenvalue weighted by Crippen LogP contribution is 2.17. The quantitative estimate of drug-likeness (QED) is 0.782. The number of rotatable bonds is 4.